The molecule has 1 fully saturated rings. The van der Waals surface area contributed by atoms with E-state index in [1.165, 1.54) is 89.9 Å². The van der Waals surface area contributed by atoms with Crippen molar-refractivity contribution in [2.75, 3.05) is 13.2 Å². The molecule has 0 spiro atoms. The Bertz CT molecular complexity index is 466. The first-order chi connectivity index (χ1) is 15.7. The second kappa shape index (κ2) is 20.5. The number of likely N-dealkylation sites (tertiary alicyclic amines) is 1. The zero-order valence-corrected chi connectivity index (χ0v) is 21.5. The summed E-state index contributed by atoms with van der Waals surface area (Å²) in [5.74, 6) is -0.0392. The van der Waals surface area contributed by atoms with Crippen LogP contribution in [0.5, 0.6) is 0 Å². The van der Waals surface area contributed by atoms with Gasteiger partial charge in [-0.25, -0.2) is 4.79 Å². The predicted molar refractivity (Wildman–Crippen MR) is 135 cm³/mol. The van der Waals surface area contributed by atoms with E-state index in [1.54, 1.807) is 4.90 Å². The van der Waals surface area contributed by atoms with Crippen molar-refractivity contribution in [1.82, 2.24) is 4.90 Å². The van der Waals surface area contributed by atoms with E-state index >= 15 is 0 Å². The van der Waals surface area contributed by atoms with Crippen molar-refractivity contribution < 1.29 is 14.3 Å². The van der Waals surface area contributed by atoms with Gasteiger partial charge in [0, 0.05) is 13.0 Å². The number of amides is 1. The van der Waals surface area contributed by atoms with Gasteiger partial charge in [-0.2, -0.15) is 0 Å². The molecule has 0 aliphatic carbocycles. The molecule has 1 atom stereocenters. The molecule has 1 aliphatic rings. The number of esters is 1. The van der Waals surface area contributed by atoms with E-state index < -0.39 is 0 Å². The molecule has 0 bridgehead atoms. The van der Waals surface area contributed by atoms with Crippen molar-refractivity contribution >= 4 is 11.9 Å². The molecular formula is C28H53NO3. The topological polar surface area (TPSA) is 46.6 Å². The summed E-state index contributed by atoms with van der Waals surface area (Å²) in [7, 11) is 0. The third-order valence-electron chi connectivity index (χ3n) is 6.83. The molecule has 4 nitrogen and oxygen atoms in total. The van der Waals surface area contributed by atoms with E-state index in [9.17, 15) is 9.59 Å². The molecule has 1 amide bonds. The van der Waals surface area contributed by atoms with Gasteiger partial charge in [-0.15, -0.1) is 0 Å². The van der Waals surface area contributed by atoms with Gasteiger partial charge in [-0.3, -0.25) is 4.79 Å². The van der Waals surface area contributed by atoms with E-state index in [0.29, 0.717) is 19.6 Å². The van der Waals surface area contributed by atoms with Gasteiger partial charge in [-0.05, 0) is 25.7 Å². The maximum atomic E-state index is 12.5. The number of carbonyl (C=O) groups excluding carboxylic acids is 2. The second-order valence-corrected chi connectivity index (χ2v) is 9.82. The van der Waals surface area contributed by atoms with Crippen LogP contribution in [0.3, 0.4) is 0 Å². The van der Waals surface area contributed by atoms with Gasteiger partial charge in [0.2, 0.25) is 5.91 Å². The highest BCUT2D eigenvalue weighted by Crippen LogP contribution is 2.21. The van der Waals surface area contributed by atoms with Crippen LogP contribution in [0.2, 0.25) is 0 Å². The molecule has 1 unspecified atom stereocenters. The number of hydrogen-bond acceptors (Lipinski definition) is 3. The van der Waals surface area contributed by atoms with Crippen molar-refractivity contribution in [3.8, 4) is 0 Å². The lowest BCUT2D eigenvalue weighted by molar-refractivity contribution is -0.153. The average molecular weight is 452 g/mol. The van der Waals surface area contributed by atoms with Crippen molar-refractivity contribution in [2.24, 2.45) is 0 Å². The molecule has 1 aliphatic heterocycles. The normalized spacial score (nSPS) is 15.9. The molecule has 188 valence electrons. The van der Waals surface area contributed by atoms with Crippen LogP contribution in [0.25, 0.3) is 0 Å². The first kappa shape index (κ1) is 29.0. The van der Waals surface area contributed by atoms with Crippen LogP contribution in [0, 0.1) is 0 Å². The summed E-state index contributed by atoms with van der Waals surface area (Å²) in [6, 6.07) is -0.333. The van der Waals surface area contributed by atoms with Gasteiger partial charge in [0.1, 0.15) is 6.04 Å². The van der Waals surface area contributed by atoms with Gasteiger partial charge in [0.05, 0.1) is 6.61 Å². The van der Waals surface area contributed by atoms with Crippen LogP contribution in [-0.2, 0) is 14.3 Å². The van der Waals surface area contributed by atoms with E-state index in [1.807, 2.05) is 0 Å². The van der Waals surface area contributed by atoms with Gasteiger partial charge in [0.15, 0.2) is 0 Å². The third kappa shape index (κ3) is 14.2. The summed E-state index contributed by atoms with van der Waals surface area (Å²) < 4.78 is 5.53. The van der Waals surface area contributed by atoms with Crippen molar-refractivity contribution in [3.63, 3.8) is 0 Å². The lowest BCUT2D eigenvalue weighted by atomic mass is 10.0. The van der Waals surface area contributed by atoms with Gasteiger partial charge in [-0.1, -0.05) is 117 Å². The van der Waals surface area contributed by atoms with Gasteiger partial charge in [0.25, 0.3) is 0 Å². The molecule has 1 saturated heterocycles. The Balaban J connectivity index is 1.99. The van der Waals surface area contributed by atoms with Crippen molar-refractivity contribution in [2.45, 2.75) is 155 Å². The quantitative estimate of drug-likeness (QED) is 0.131. The van der Waals surface area contributed by atoms with Crippen LogP contribution in [0.15, 0.2) is 0 Å². The maximum Gasteiger partial charge on any atom is 0.328 e. The number of nitrogens with zero attached hydrogens (tertiary/aromatic N) is 1. The fourth-order valence-corrected chi connectivity index (χ4v) is 4.72. The van der Waals surface area contributed by atoms with Crippen LogP contribution in [0.1, 0.15) is 149 Å². The number of rotatable bonds is 21. The predicted octanol–water partition coefficient (Wildman–Crippen LogP) is 7.97. The summed E-state index contributed by atoms with van der Waals surface area (Å²) in [5, 5.41) is 0. The van der Waals surface area contributed by atoms with Gasteiger partial charge < -0.3 is 9.64 Å². The Morgan fingerprint density at radius 3 is 1.69 bits per heavy atom. The Labute approximate surface area is 199 Å². The first-order valence-electron chi connectivity index (χ1n) is 14.2. The van der Waals surface area contributed by atoms with Crippen molar-refractivity contribution in [3.05, 3.63) is 0 Å². The fraction of sp³-hybridized carbons (Fsp3) is 0.929. The maximum absolute atomic E-state index is 12.5. The minimum absolute atomic E-state index is 0.141. The largest absolute Gasteiger partial charge is 0.464 e. The number of ether oxygens (including phenoxy) is 1. The molecule has 4 heteroatoms. The molecule has 0 saturated carbocycles. The van der Waals surface area contributed by atoms with E-state index in [4.69, 9.17) is 4.74 Å². The highest BCUT2D eigenvalue weighted by Gasteiger charge is 2.34. The molecule has 0 aromatic heterocycles. The van der Waals surface area contributed by atoms with Gasteiger partial charge >= 0.3 is 5.97 Å². The van der Waals surface area contributed by atoms with E-state index in [2.05, 4.69) is 13.8 Å². The number of unbranched alkanes of at least 4 members (excludes halogenated alkanes) is 16. The number of carbonyl (C=O) groups is 2. The molecule has 0 radical (unpaired) electrons. The zero-order valence-electron chi connectivity index (χ0n) is 21.5. The molecule has 0 N–H and O–H groups in total. The lowest BCUT2D eigenvalue weighted by Crippen LogP contribution is -2.41. The summed E-state index contributed by atoms with van der Waals surface area (Å²) in [4.78, 5) is 26.8. The first-order valence-corrected chi connectivity index (χ1v) is 14.2. The third-order valence-corrected chi connectivity index (χ3v) is 6.83. The lowest BCUT2D eigenvalue weighted by Gasteiger charge is -2.23. The SMILES string of the molecule is CCCCCCCCCCCCCCCOC(=O)C1CCCN1C(=O)CCCCCCC. The molecular weight excluding hydrogens is 398 g/mol. The Morgan fingerprint density at radius 2 is 1.16 bits per heavy atom. The van der Waals surface area contributed by atoms with Crippen LogP contribution >= 0.6 is 0 Å². The Kier molecular flexibility index (Phi) is 18.6. The van der Waals surface area contributed by atoms with E-state index in [0.717, 1.165) is 38.5 Å². The fourth-order valence-electron chi connectivity index (χ4n) is 4.72. The summed E-state index contributed by atoms with van der Waals surface area (Å²) in [6.07, 6.45) is 25.0. The van der Waals surface area contributed by atoms with Crippen LogP contribution in [-0.4, -0.2) is 36.0 Å². The number of hydrogen-bond donors (Lipinski definition) is 0. The highest BCUT2D eigenvalue weighted by atomic mass is 16.5. The summed E-state index contributed by atoms with van der Waals surface area (Å²) in [6.45, 7) is 5.69. The van der Waals surface area contributed by atoms with Crippen molar-refractivity contribution in [1.29, 1.82) is 0 Å². The molecule has 1 heterocycles. The summed E-state index contributed by atoms with van der Waals surface area (Å²) >= 11 is 0. The standard InChI is InChI=1S/C28H53NO3/c1-3-5-7-9-10-11-12-13-14-15-16-18-20-25-32-28(31)26-22-21-24-29(26)27(30)23-19-17-8-6-4-2/h26H,3-25H2,1-2H3. The van der Waals surface area contributed by atoms with Crippen LogP contribution < -0.4 is 0 Å². The average Bonchev–Trinajstić information content (AvgIpc) is 3.29. The Morgan fingerprint density at radius 1 is 0.688 bits per heavy atom. The van der Waals surface area contributed by atoms with Crippen LogP contribution in [0.4, 0.5) is 0 Å². The molecule has 1 rings (SSSR count). The molecule has 0 aromatic rings. The molecule has 0 aromatic carbocycles. The molecule has 32 heavy (non-hydrogen) atoms. The summed E-state index contributed by atoms with van der Waals surface area (Å²) in [5.41, 5.74) is 0. The Hall–Kier alpha value is -1.06. The second-order valence-electron chi connectivity index (χ2n) is 9.82. The van der Waals surface area contributed by atoms with E-state index in [-0.39, 0.29) is 17.9 Å². The smallest absolute Gasteiger partial charge is 0.328 e. The highest BCUT2D eigenvalue weighted by molar-refractivity contribution is 5.85. The zero-order chi connectivity index (χ0) is 23.3. The minimum atomic E-state index is -0.333. The minimum Gasteiger partial charge on any atom is -0.464 e. The monoisotopic (exact) mass is 451 g/mol.